The minimum Gasteiger partial charge on any atom is -0.495 e. The Labute approximate surface area is 470 Å². The van der Waals surface area contributed by atoms with E-state index in [2.05, 4.69) is 37.3 Å². The zero-order valence-corrected chi connectivity index (χ0v) is 47.6. The van der Waals surface area contributed by atoms with Crippen molar-refractivity contribution in [3.63, 3.8) is 0 Å². The third-order valence-corrected chi connectivity index (χ3v) is 15.4. The fourth-order valence-corrected chi connectivity index (χ4v) is 10.2. The summed E-state index contributed by atoms with van der Waals surface area (Å²) in [5, 5.41) is 45.8. The van der Waals surface area contributed by atoms with E-state index in [1.165, 1.54) is 40.1 Å². The number of carbonyl (C=O) groups is 7. The molecule has 10 atom stereocenters. The molecule has 80 heavy (non-hydrogen) atoms. The monoisotopic (exact) mass is 1140 g/mol. The van der Waals surface area contributed by atoms with E-state index in [1.54, 1.807) is 38.1 Å². The molecule has 0 radical (unpaired) electrons. The van der Waals surface area contributed by atoms with Gasteiger partial charge in [0.2, 0.25) is 17.7 Å². The van der Waals surface area contributed by atoms with E-state index < -0.39 is 108 Å². The summed E-state index contributed by atoms with van der Waals surface area (Å²) in [5.41, 5.74) is 3.71. The van der Waals surface area contributed by atoms with Crippen LogP contribution in [0.25, 0.3) is 10.9 Å². The Morgan fingerprint density at radius 2 is 1.66 bits per heavy atom. The number of benzene rings is 2. The van der Waals surface area contributed by atoms with Gasteiger partial charge in [0, 0.05) is 90.8 Å². The molecule has 3 aromatic rings. The molecule has 3 aliphatic heterocycles. The molecule has 0 unspecified atom stereocenters. The van der Waals surface area contributed by atoms with E-state index in [-0.39, 0.29) is 43.4 Å². The number of aromatic nitrogens is 1. The van der Waals surface area contributed by atoms with Gasteiger partial charge < -0.3 is 69.3 Å². The Balaban J connectivity index is 1.04. The van der Waals surface area contributed by atoms with Gasteiger partial charge in [-0.3, -0.25) is 34.7 Å². The molecule has 0 saturated carbocycles. The Morgan fingerprint density at radius 1 is 0.988 bits per heavy atom. The number of halogens is 1. The smallest absolute Gasteiger partial charge is 0.409 e. The van der Waals surface area contributed by atoms with Crippen LogP contribution in [0.3, 0.4) is 0 Å². The second-order valence-electron chi connectivity index (χ2n) is 20.7. The normalized spacial score (nSPS) is 25.4. The van der Waals surface area contributed by atoms with E-state index in [1.807, 2.05) is 56.4 Å². The average molecular weight is 1140 g/mol. The summed E-state index contributed by atoms with van der Waals surface area (Å²) in [4.78, 5) is 95.5. The number of rotatable bonds is 20. The number of esters is 1. The number of allylic oxidation sites excluding steroid dienone is 3. The van der Waals surface area contributed by atoms with Gasteiger partial charge in [-0.1, -0.05) is 60.5 Å². The van der Waals surface area contributed by atoms with Gasteiger partial charge in [0.25, 0.3) is 11.8 Å². The number of amides is 6. The summed E-state index contributed by atoms with van der Waals surface area (Å²) >= 11 is 6.80. The van der Waals surface area contributed by atoms with E-state index in [0.29, 0.717) is 30.9 Å². The molecule has 0 aliphatic carbocycles. The fourth-order valence-electron chi connectivity index (χ4n) is 9.86. The van der Waals surface area contributed by atoms with Gasteiger partial charge in [0.1, 0.15) is 40.7 Å². The highest BCUT2D eigenvalue weighted by Gasteiger charge is 2.64. The van der Waals surface area contributed by atoms with Crippen LogP contribution in [0.5, 0.6) is 5.75 Å². The average Bonchev–Trinajstić information content (AvgIpc) is 4.18. The number of epoxide rings is 1. The number of carbonyl (C=O) groups excluding carboxylic acids is 7. The van der Waals surface area contributed by atoms with E-state index in [9.17, 15) is 48.9 Å². The van der Waals surface area contributed by atoms with Crippen molar-refractivity contribution in [2.24, 2.45) is 5.92 Å². The predicted octanol–water partition coefficient (Wildman–Crippen LogP) is 1.59. The lowest BCUT2D eigenvalue weighted by Gasteiger charge is -2.42. The van der Waals surface area contributed by atoms with Gasteiger partial charge in [-0.2, -0.15) is 0 Å². The number of methoxy groups -OCH3 is 2. The van der Waals surface area contributed by atoms with Crippen molar-refractivity contribution >= 4 is 69.8 Å². The van der Waals surface area contributed by atoms with Crippen molar-refractivity contribution in [3.8, 4) is 5.75 Å². The van der Waals surface area contributed by atoms with Gasteiger partial charge in [-0.15, -0.1) is 0 Å². The van der Waals surface area contributed by atoms with Crippen LogP contribution in [0.15, 0.2) is 66.3 Å². The molecular weight excluding hydrogens is 1060 g/mol. The summed E-state index contributed by atoms with van der Waals surface area (Å²) in [6.45, 7) is 7.16. The zero-order valence-electron chi connectivity index (χ0n) is 46.9. The third kappa shape index (κ3) is 15.0. The first-order valence-corrected chi connectivity index (χ1v) is 26.7. The van der Waals surface area contributed by atoms with Crippen molar-refractivity contribution < 1.29 is 72.6 Å². The number of aryl methyl sites for hydroxylation is 1. The molecule has 2 saturated heterocycles. The number of ether oxygens (including phenoxy) is 5. The number of hydrogen-bond donors (Lipinski definition) is 8. The number of alkyl carbamates (subject to hydrolysis) is 1. The van der Waals surface area contributed by atoms with Crippen molar-refractivity contribution in [1.82, 2.24) is 41.2 Å². The molecule has 25 heteroatoms. The lowest BCUT2D eigenvalue weighted by Crippen LogP contribution is -2.63. The molecule has 4 bridgehead atoms. The SMILES string of the molecule is CNN(C)Cc1cc2ccccc2n1CCC(=O)NCCNC(=O)[C@H](O)[C@H](O)C(=O)NCCC(=O)N(C)[C@@H](C)C(=O)O[C@H]1CC(=O)N(C)c2cc(cc(OC)c2Cl)C/C(C)=C/C=C/[C@@H](OC)[C@@]2(O)C[C@H](OC(=O)N2)[C@@H](C)[C@@H]2O[C@]12C. The maximum Gasteiger partial charge on any atom is 0.409 e. The van der Waals surface area contributed by atoms with Gasteiger partial charge >= 0.3 is 12.1 Å². The number of hydrazine groups is 1. The molecule has 2 fully saturated rings. The number of aliphatic hydroxyl groups is 3. The molecule has 24 nitrogen and oxygen atoms in total. The summed E-state index contributed by atoms with van der Waals surface area (Å²) in [7, 11) is 9.40. The number of anilines is 1. The first kappa shape index (κ1) is 62.6. The number of para-hydroxylation sites is 1. The van der Waals surface area contributed by atoms with Crippen LogP contribution in [0, 0.1) is 5.92 Å². The van der Waals surface area contributed by atoms with Crippen molar-refractivity contribution in [2.45, 2.75) is 127 Å². The summed E-state index contributed by atoms with van der Waals surface area (Å²) in [6.07, 6.45) is -4.67. The quantitative estimate of drug-likeness (QED) is 0.0345. The second kappa shape index (κ2) is 27.2. The predicted molar refractivity (Wildman–Crippen MR) is 294 cm³/mol. The minimum absolute atomic E-state index is 0.00166. The Morgan fingerprint density at radius 3 is 2.34 bits per heavy atom. The minimum atomic E-state index is -2.22. The second-order valence-corrected chi connectivity index (χ2v) is 21.0. The molecule has 4 heterocycles. The van der Waals surface area contributed by atoms with Crippen LogP contribution in [0.2, 0.25) is 5.02 Å². The summed E-state index contributed by atoms with van der Waals surface area (Å²) in [5.74, 6) is -4.97. The largest absolute Gasteiger partial charge is 0.495 e. The third-order valence-electron chi connectivity index (χ3n) is 15.0. The maximum atomic E-state index is 14.4. The topological polar surface area (TPSA) is 304 Å². The standard InChI is InChI=1S/C55H76ClN9O15/c1-31-14-13-17-41(77-10)55(75)29-40(78-53(74)61-55)32(2)49-54(4,80-49)42(28-45(68)64(8)38-25-34(24-31)26-39(76-9)46(38)56)79-52(73)33(3)63(7)44(67)18-20-59-50(71)47(69)48(70)51(72)60-22-21-58-43(66)19-23-65-36(30-62(6)57-5)27-35-15-11-12-16-37(35)65/h11-17,25-27,32-33,40-42,47-49,57,69-70,75H,18-24,28-30H2,1-10H3,(H,58,66)(H,59,71)(H,60,72)(H,61,74)/b17-13+,31-14+/t32-,33+,40+,41-,42+,47+,48-,49+,54-,55+/m1/s1. The molecule has 438 valence electrons. The van der Waals surface area contributed by atoms with Gasteiger partial charge in [-0.05, 0) is 69.5 Å². The molecule has 6 amide bonds. The highest BCUT2D eigenvalue weighted by molar-refractivity contribution is 6.35. The van der Waals surface area contributed by atoms with Gasteiger partial charge in [0.15, 0.2) is 17.9 Å². The fraction of sp³-hybridized carbons (Fsp3) is 0.545. The lowest BCUT2D eigenvalue weighted by atomic mass is 9.83. The molecule has 3 aliphatic rings. The van der Waals surface area contributed by atoms with Crippen LogP contribution >= 0.6 is 11.6 Å². The summed E-state index contributed by atoms with van der Waals surface area (Å²) in [6, 6.07) is 12.1. The molecule has 1 aromatic heterocycles. The number of hydrogen-bond acceptors (Lipinski definition) is 17. The Hall–Kier alpha value is -6.64. The Kier molecular flexibility index (Phi) is 21.3. The number of fused-ring (bicyclic) bond motifs is 6. The van der Waals surface area contributed by atoms with Crippen LogP contribution in [0.4, 0.5) is 10.5 Å². The molecule has 8 N–H and O–H groups in total. The highest BCUT2D eigenvalue weighted by atomic mass is 35.5. The zero-order chi connectivity index (χ0) is 58.8. The van der Waals surface area contributed by atoms with E-state index in [4.69, 9.17) is 35.3 Å². The number of aliphatic hydroxyl groups excluding tert-OH is 2. The molecule has 2 aromatic carbocycles. The first-order chi connectivity index (χ1) is 37.8. The molecule has 0 spiro atoms. The van der Waals surface area contributed by atoms with Gasteiger partial charge in [0.05, 0.1) is 31.9 Å². The van der Waals surface area contributed by atoms with Crippen molar-refractivity contribution in [2.75, 3.05) is 66.9 Å². The summed E-state index contributed by atoms with van der Waals surface area (Å²) < 4.78 is 31.3. The maximum absolute atomic E-state index is 14.4. The van der Waals surface area contributed by atoms with Crippen LogP contribution in [-0.2, 0) is 67.2 Å². The van der Waals surface area contributed by atoms with E-state index >= 15 is 0 Å². The van der Waals surface area contributed by atoms with Crippen LogP contribution in [0.1, 0.15) is 64.6 Å². The molecule has 6 rings (SSSR count). The highest BCUT2D eigenvalue weighted by Crippen LogP contribution is 2.49. The van der Waals surface area contributed by atoms with Crippen LogP contribution < -0.4 is 36.3 Å². The number of likely N-dealkylation sites (N-methyl/N-ethyl adjacent to an activating group) is 1. The molecular formula is C55H76ClN9O15. The number of nitrogens with one attached hydrogen (secondary N) is 5. The first-order valence-electron chi connectivity index (χ1n) is 26.3. The Bertz CT molecular complexity index is 2830. The number of nitrogens with zero attached hydrogens (tertiary/aromatic N) is 4. The van der Waals surface area contributed by atoms with Crippen molar-refractivity contribution in [3.05, 3.63) is 82.5 Å². The lowest BCUT2D eigenvalue weighted by molar-refractivity contribution is -0.162. The van der Waals surface area contributed by atoms with Crippen molar-refractivity contribution in [1.29, 1.82) is 0 Å². The van der Waals surface area contributed by atoms with Crippen LogP contribution in [-0.4, -0.2) is 187 Å². The van der Waals surface area contributed by atoms with E-state index in [0.717, 1.165) is 32.6 Å². The van der Waals surface area contributed by atoms with Gasteiger partial charge in [-0.25, -0.2) is 14.6 Å².